The van der Waals surface area contributed by atoms with Gasteiger partial charge in [0.1, 0.15) is 5.58 Å². The molecule has 0 aliphatic heterocycles. The van der Waals surface area contributed by atoms with Crippen LogP contribution >= 0.6 is 15.9 Å². The number of furan rings is 1. The second-order valence-corrected chi connectivity index (χ2v) is 7.02. The summed E-state index contributed by atoms with van der Waals surface area (Å²) in [6.07, 6.45) is 0. The molecule has 128 valence electrons. The maximum Gasteiger partial charge on any atom is 0.159 e. The molecule has 0 saturated carbocycles. The van der Waals surface area contributed by atoms with Gasteiger partial charge < -0.3 is 8.98 Å². The summed E-state index contributed by atoms with van der Waals surface area (Å²) in [6.45, 7) is 0. The average molecular weight is 419 g/mol. The van der Waals surface area contributed by atoms with Crippen molar-refractivity contribution in [3.05, 3.63) is 89.2 Å². The third-order valence-corrected chi connectivity index (χ3v) is 5.15. The van der Waals surface area contributed by atoms with Gasteiger partial charge in [-0.3, -0.25) is 0 Å². The van der Waals surface area contributed by atoms with E-state index in [2.05, 4.69) is 15.9 Å². The molecule has 0 N–H and O–H groups in total. The highest BCUT2D eigenvalue weighted by Gasteiger charge is 2.17. The number of halogens is 1. The molecule has 0 atom stereocenters. The Morgan fingerprint density at radius 2 is 1.59 bits per heavy atom. The first-order chi connectivity index (χ1) is 16.2. The van der Waals surface area contributed by atoms with Gasteiger partial charge in [-0.2, -0.15) is 0 Å². The summed E-state index contributed by atoms with van der Waals surface area (Å²) in [4.78, 5) is 0. The van der Waals surface area contributed by atoms with E-state index in [1.807, 2.05) is 36.4 Å². The molecular weight excluding hydrogens is 398 g/mol. The zero-order valence-electron chi connectivity index (χ0n) is 20.8. The van der Waals surface area contributed by atoms with Gasteiger partial charge in [0, 0.05) is 26.0 Å². The molecule has 2 heterocycles. The van der Waals surface area contributed by atoms with Crippen LogP contribution in [0.5, 0.6) is 0 Å². The number of rotatable bonds is 1. The predicted octanol–water partition coefficient (Wildman–Crippen LogP) is 7.45. The summed E-state index contributed by atoms with van der Waals surface area (Å²) >= 11 is 3.23. The molecule has 0 spiro atoms. The number of hydrogen-bond acceptors (Lipinski definition) is 1. The Bertz CT molecular complexity index is 1780. The SMILES string of the molecule is [2H]c1c([2H])c([2H])c2c(c1[2H])c1c([2H])c(Br)c([2H])c([2H])c1n2-c1cccc2c1oc1ccccc12. The van der Waals surface area contributed by atoms with Crippen molar-refractivity contribution < 1.29 is 14.0 Å². The number of fused-ring (bicyclic) bond motifs is 6. The minimum atomic E-state index is -0.421. The summed E-state index contributed by atoms with van der Waals surface area (Å²) in [6, 6.07) is 11.1. The van der Waals surface area contributed by atoms with Crippen LogP contribution in [0.4, 0.5) is 0 Å². The number of para-hydroxylation sites is 3. The first-order valence-corrected chi connectivity index (χ1v) is 9.13. The van der Waals surface area contributed by atoms with Crippen LogP contribution in [-0.2, 0) is 0 Å². The Kier molecular flexibility index (Phi) is 1.98. The molecular formula is C24H14BrNO. The van der Waals surface area contributed by atoms with Crippen LogP contribution in [0.15, 0.2) is 93.7 Å². The molecule has 0 fully saturated rings. The molecule has 2 nitrogen and oxygen atoms in total. The lowest BCUT2D eigenvalue weighted by Gasteiger charge is -2.08. The maximum atomic E-state index is 8.74. The first kappa shape index (κ1) is 9.77. The van der Waals surface area contributed by atoms with Crippen LogP contribution in [0.25, 0.3) is 49.4 Å². The molecule has 0 aliphatic carbocycles. The fraction of sp³-hybridized carbons (Fsp3) is 0. The zero-order valence-corrected chi connectivity index (χ0v) is 15.4. The second kappa shape index (κ2) is 5.48. The van der Waals surface area contributed by atoms with Crippen LogP contribution in [-0.4, -0.2) is 4.57 Å². The summed E-state index contributed by atoms with van der Waals surface area (Å²) < 4.78 is 67.4. The average Bonchev–Trinajstić information content (AvgIpc) is 3.40. The fourth-order valence-corrected chi connectivity index (χ4v) is 3.94. The minimum Gasteiger partial charge on any atom is -0.454 e. The van der Waals surface area contributed by atoms with Gasteiger partial charge in [0.25, 0.3) is 0 Å². The molecule has 0 saturated heterocycles. The van der Waals surface area contributed by atoms with Crippen LogP contribution in [0.3, 0.4) is 0 Å². The minimum absolute atomic E-state index is 0.0957. The highest BCUT2D eigenvalue weighted by atomic mass is 79.9. The number of nitrogens with zero attached hydrogens (tertiary/aromatic N) is 1. The van der Waals surface area contributed by atoms with E-state index in [1.54, 1.807) is 6.07 Å². The molecule has 4 aromatic carbocycles. The number of benzene rings is 4. The van der Waals surface area contributed by atoms with Gasteiger partial charge in [0.05, 0.1) is 26.3 Å². The first-order valence-electron chi connectivity index (χ1n) is 11.8. The van der Waals surface area contributed by atoms with Gasteiger partial charge in [-0.1, -0.05) is 64.4 Å². The van der Waals surface area contributed by atoms with E-state index in [4.69, 9.17) is 14.0 Å². The van der Waals surface area contributed by atoms with Crippen LogP contribution in [0, 0.1) is 0 Å². The molecule has 6 aromatic rings. The van der Waals surface area contributed by atoms with Crippen molar-refractivity contribution in [2.75, 3.05) is 0 Å². The summed E-state index contributed by atoms with van der Waals surface area (Å²) in [5.74, 6) is 0. The Balaban J connectivity index is 1.96. The molecule has 27 heavy (non-hydrogen) atoms. The quantitative estimate of drug-likeness (QED) is 0.271. The van der Waals surface area contributed by atoms with Gasteiger partial charge in [-0.05, 0) is 36.3 Å². The van der Waals surface area contributed by atoms with Crippen molar-refractivity contribution in [3.63, 3.8) is 0 Å². The predicted molar refractivity (Wildman–Crippen MR) is 116 cm³/mol. The largest absolute Gasteiger partial charge is 0.454 e. The van der Waals surface area contributed by atoms with Crippen molar-refractivity contribution in [1.29, 1.82) is 0 Å². The Morgan fingerprint density at radius 3 is 2.56 bits per heavy atom. The highest BCUT2D eigenvalue weighted by molar-refractivity contribution is 9.10. The zero-order chi connectivity index (χ0) is 24.0. The van der Waals surface area contributed by atoms with Crippen LogP contribution in [0.1, 0.15) is 9.60 Å². The Labute approximate surface area is 173 Å². The van der Waals surface area contributed by atoms with E-state index >= 15 is 0 Å². The topological polar surface area (TPSA) is 18.1 Å². The lowest BCUT2D eigenvalue weighted by atomic mass is 10.1. The van der Waals surface area contributed by atoms with Crippen molar-refractivity contribution in [3.8, 4) is 5.69 Å². The van der Waals surface area contributed by atoms with Gasteiger partial charge in [0.2, 0.25) is 0 Å². The van der Waals surface area contributed by atoms with E-state index in [9.17, 15) is 0 Å². The van der Waals surface area contributed by atoms with Gasteiger partial charge in [-0.15, -0.1) is 0 Å². The number of hydrogen-bond donors (Lipinski definition) is 0. The summed E-state index contributed by atoms with van der Waals surface area (Å²) in [5.41, 5.74) is 1.90. The molecule has 3 heteroatoms. The van der Waals surface area contributed by atoms with Gasteiger partial charge in [0.15, 0.2) is 5.58 Å². The van der Waals surface area contributed by atoms with Gasteiger partial charge in [-0.25, -0.2) is 0 Å². The number of aromatic nitrogens is 1. The van der Waals surface area contributed by atoms with E-state index in [0.29, 0.717) is 16.9 Å². The van der Waals surface area contributed by atoms with Crippen LogP contribution in [0.2, 0.25) is 0 Å². The maximum absolute atomic E-state index is 8.74. The Morgan fingerprint density at radius 1 is 0.778 bits per heavy atom. The molecule has 0 aliphatic rings. The van der Waals surface area contributed by atoms with Crippen molar-refractivity contribution in [2.45, 2.75) is 0 Å². The standard InChI is InChI=1S/C24H14BrNO/c25-15-12-13-21-19(14-15)16-6-1-3-9-20(16)26(21)22-10-5-8-18-17-7-2-4-11-23(17)27-24(18)22/h1-14H/i1D,3D,6D,9D,12D,13D,14D. The van der Waals surface area contributed by atoms with Crippen molar-refractivity contribution in [2.24, 2.45) is 0 Å². The van der Waals surface area contributed by atoms with Gasteiger partial charge >= 0.3 is 0 Å². The molecule has 0 unspecified atom stereocenters. The van der Waals surface area contributed by atoms with E-state index < -0.39 is 12.1 Å². The van der Waals surface area contributed by atoms with Crippen molar-refractivity contribution in [1.82, 2.24) is 4.57 Å². The van der Waals surface area contributed by atoms with Crippen molar-refractivity contribution >= 4 is 59.7 Å². The summed E-state index contributed by atoms with van der Waals surface area (Å²) in [5, 5.41) is 2.01. The summed E-state index contributed by atoms with van der Waals surface area (Å²) in [7, 11) is 0. The molecule has 2 aromatic heterocycles. The lowest BCUT2D eigenvalue weighted by molar-refractivity contribution is 0.666. The van der Waals surface area contributed by atoms with E-state index in [0.717, 1.165) is 10.8 Å². The fourth-order valence-electron chi connectivity index (χ4n) is 3.64. The van der Waals surface area contributed by atoms with Crippen LogP contribution < -0.4 is 0 Å². The Hall–Kier alpha value is -3.04. The monoisotopic (exact) mass is 418 g/mol. The normalized spacial score (nSPS) is 15.5. The molecule has 0 bridgehead atoms. The third-order valence-electron chi connectivity index (χ3n) is 4.75. The smallest absolute Gasteiger partial charge is 0.159 e. The lowest BCUT2D eigenvalue weighted by Crippen LogP contribution is -1.94. The molecule has 0 amide bonds. The van der Waals surface area contributed by atoms with E-state index in [1.165, 1.54) is 4.57 Å². The van der Waals surface area contributed by atoms with E-state index in [-0.39, 0.29) is 56.5 Å². The molecule has 6 rings (SSSR count). The highest BCUT2D eigenvalue weighted by Crippen LogP contribution is 2.38. The molecule has 0 radical (unpaired) electrons. The second-order valence-electron chi connectivity index (χ2n) is 6.22. The third kappa shape index (κ3) is 2.06.